The maximum atomic E-state index is 6.15. The molecule has 1 aliphatic carbocycles. The quantitative estimate of drug-likeness (QED) is 0.790. The Morgan fingerprint density at radius 2 is 1.86 bits per heavy atom. The summed E-state index contributed by atoms with van der Waals surface area (Å²) < 4.78 is 2.89. The Bertz CT molecular complexity index is 686. The van der Waals surface area contributed by atoms with Gasteiger partial charge in [0.05, 0.1) is 20.5 Å². The standard InChI is InChI=1S/C15H20IN5/c1-8-11(9(2)21(3)20-8)15-18-13(10-6-4-5-7-10)12(16)14(17)19-15/h10H,4-7H2,1-3H3,(H2,17,18,19). The molecule has 1 saturated carbocycles. The van der Waals surface area contributed by atoms with E-state index in [2.05, 4.69) is 32.7 Å². The monoisotopic (exact) mass is 397 g/mol. The van der Waals surface area contributed by atoms with Gasteiger partial charge in [-0.05, 0) is 49.3 Å². The van der Waals surface area contributed by atoms with Gasteiger partial charge in [0.15, 0.2) is 5.82 Å². The van der Waals surface area contributed by atoms with Gasteiger partial charge in [-0.2, -0.15) is 5.10 Å². The first kappa shape index (κ1) is 14.7. The zero-order valence-corrected chi connectivity index (χ0v) is 14.8. The van der Waals surface area contributed by atoms with Crippen LogP contribution < -0.4 is 5.73 Å². The molecule has 2 N–H and O–H groups in total. The van der Waals surface area contributed by atoms with Crippen LogP contribution in [0.5, 0.6) is 0 Å². The lowest BCUT2D eigenvalue weighted by atomic mass is 10.0. The number of nitrogens with zero attached hydrogens (tertiary/aromatic N) is 4. The number of aryl methyl sites for hydroxylation is 2. The Kier molecular flexibility index (Phi) is 3.90. The fourth-order valence-electron chi connectivity index (χ4n) is 3.16. The average molecular weight is 397 g/mol. The summed E-state index contributed by atoms with van der Waals surface area (Å²) in [7, 11) is 1.94. The van der Waals surface area contributed by atoms with Crippen LogP contribution in [0.3, 0.4) is 0 Å². The van der Waals surface area contributed by atoms with Crippen molar-refractivity contribution >= 4 is 28.4 Å². The van der Waals surface area contributed by atoms with E-state index in [-0.39, 0.29) is 0 Å². The third-order valence-electron chi connectivity index (χ3n) is 4.38. The number of anilines is 1. The molecule has 0 aliphatic heterocycles. The third kappa shape index (κ3) is 2.54. The van der Waals surface area contributed by atoms with E-state index in [9.17, 15) is 0 Å². The van der Waals surface area contributed by atoms with Crippen molar-refractivity contribution in [1.29, 1.82) is 0 Å². The molecule has 6 heteroatoms. The molecule has 5 nitrogen and oxygen atoms in total. The number of nitrogen functional groups attached to an aromatic ring is 1. The average Bonchev–Trinajstić information content (AvgIpc) is 3.03. The number of hydrogen-bond donors (Lipinski definition) is 1. The lowest BCUT2D eigenvalue weighted by molar-refractivity contribution is 0.691. The van der Waals surface area contributed by atoms with Crippen LogP contribution in [-0.4, -0.2) is 19.7 Å². The summed E-state index contributed by atoms with van der Waals surface area (Å²) in [5, 5.41) is 4.46. The summed E-state index contributed by atoms with van der Waals surface area (Å²) >= 11 is 2.28. The van der Waals surface area contributed by atoms with Crippen molar-refractivity contribution in [3.8, 4) is 11.4 Å². The minimum absolute atomic E-state index is 0.526. The molecule has 2 heterocycles. The highest BCUT2D eigenvalue weighted by atomic mass is 127. The molecule has 0 unspecified atom stereocenters. The molecular weight excluding hydrogens is 377 g/mol. The van der Waals surface area contributed by atoms with Crippen LogP contribution in [0.1, 0.15) is 48.7 Å². The van der Waals surface area contributed by atoms with Crippen LogP contribution in [0, 0.1) is 17.4 Å². The van der Waals surface area contributed by atoms with Crippen molar-refractivity contribution in [3.63, 3.8) is 0 Å². The Hall–Kier alpha value is -1.18. The lowest BCUT2D eigenvalue weighted by Gasteiger charge is -2.14. The Morgan fingerprint density at radius 3 is 2.43 bits per heavy atom. The molecule has 21 heavy (non-hydrogen) atoms. The number of hydrogen-bond acceptors (Lipinski definition) is 4. The molecular formula is C15H20IN5. The predicted octanol–water partition coefficient (Wildman–Crippen LogP) is 3.34. The van der Waals surface area contributed by atoms with Crippen molar-refractivity contribution in [2.75, 3.05) is 5.73 Å². The van der Waals surface area contributed by atoms with Gasteiger partial charge in [0.25, 0.3) is 0 Å². The molecule has 0 bridgehead atoms. The number of halogens is 1. The molecule has 0 saturated heterocycles. The summed E-state index contributed by atoms with van der Waals surface area (Å²) in [6.07, 6.45) is 4.98. The van der Waals surface area contributed by atoms with Gasteiger partial charge in [-0.3, -0.25) is 4.68 Å². The number of aromatic nitrogens is 4. The minimum atomic E-state index is 0.526. The first-order chi connectivity index (χ1) is 9.99. The van der Waals surface area contributed by atoms with Crippen LogP contribution in [-0.2, 0) is 7.05 Å². The lowest BCUT2D eigenvalue weighted by Crippen LogP contribution is -2.08. The molecule has 112 valence electrons. The van der Waals surface area contributed by atoms with Gasteiger partial charge in [-0.1, -0.05) is 12.8 Å². The van der Waals surface area contributed by atoms with Gasteiger partial charge < -0.3 is 5.73 Å². The highest BCUT2D eigenvalue weighted by molar-refractivity contribution is 14.1. The molecule has 3 rings (SSSR count). The van der Waals surface area contributed by atoms with Crippen LogP contribution in [0.15, 0.2) is 0 Å². The van der Waals surface area contributed by atoms with Crippen molar-refractivity contribution < 1.29 is 0 Å². The summed E-state index contributed by atoms with van der Waals surface area (Å²) in [6.45, 7) is 4.04. The Balaban J connectivity index is 2.15. The minimum Gasteiger partial charge on any atom is -0.383 e. The van der Waals surface area contributed by atoms with Gasteiger partial charge in [0.1, 0.15) is 5.82 Å². The molecule has 0 atom stereocenters. The van der Waals surface area contributed by atoms with Crippen LogP contribution in [0.25, 0.3) is 11.4 Å². The first-order valence-corrected chi connectivity index (χ1v) is 8.40. The molecule has 2 aromatic rings. The zero-order valence-electron chi connectivity index (χ0n) is 12.6. The fourth-order valence-corrected chi connectivity index (χ4v) is 3.84. The van der Waals surface area contributed by atoms with Crippen molar-refractivity contribution in [2.45, 2.75) is 45.4 Å². The van der Waals surface area contributed by atoms with E-state index in [1.54, 1.807) is 0 Å². The maximum Gasteiger partial charge on any atom is 0.165 e. The molecule has 0 radical (unpaired) electrons. The number of nitrogens with two attached hydrogens (primary N) is 1. The van der Waals surface area contributed by atoms with Gasteiger partial charge in [0.2, 0.25) is 0 Å². The van der Waals surface area contributed by atoms with Crippen LogP contribution in [0.2, 0.25) is 0 Å². The first-order valence-electron chi connectivity index (χ1n) is 7.32. The number of rotatable bonds is 2. The van der Waals surface area contributed by atoms with Crippen molar-refractivity contribution in [3.05, 3.63) is 20.7 Å². The second-order valence-electron chi connectivity index (χ2n) is 5.78. The van der Waals surface area contributed by atoms with Crippen molar-refractivity contribution in [1.82, 2.24) is 19.7 Å². The normalized spacial score (nSPS) is 15.8. The molecule has 0 spiro atoms. The molecule has 0 amide bonds. The highest BCUT2D eigenvalue weighted by Crippen LogP contribution is 2.37. The smallest absolute Gasteiger partial charge is 0.165 e. The van der Waals surface area contributed by atoms with Gasteiger partial charge in [0, 0.05) is 18.7 Å². The molecule has 1 aliphatic rings. The van der Waals surface area contributed by atoms with Gasteiger partial charge in [-0.15, -0.1) is 0 Å². The Morgan fingerprint density at radius 1 is 1.19 bits per heavy atom. The third-order valence-corrected chi connectivity index (χ3v) is 5.48. The van der Waals surface area contributed by atoms with E-state index in [4.69, 9.17) is 10.7 Å². The largest absolute Gasteiger partial charge is 0.383 e. The van der Waals surface area contributed by atoms with Gasteiger partial charge >= 0.3 is 0 Å². The predicted molar refractivity (Wildman–Crippen MR) is 92.0 cm³/mol. The molecule has 2 aromatic heterocycles. The molecule has 1 fully saturated rings. The SMILES string of the molecule is Cc1nn(C)c(C)c1-c1nc(N)c(I)c(C2CCCC2)n1. The van der Waals surface area contributed by atoms with Crippen LogP contribution >= 0.6 is 22.6 Å². The zero-order chi connectivity index (χ0) is 15.1. The molecule has 0 aromatic carbocycles. The summed E-state index contributed by atoms with van der Waals surface area (Å²) in [5.41, 5.74) is 10.3. The van der Waals surface area contributed by atoms with E-state index in [0.29, 0.717) is 11.7 Å². The topological polar surface area (TPSA) is 69.6 Å². The maximum absolute atomic E-state index is 6.15. The van der Waals surface area contributed by atoms with E-state index < -0.39 is 0 Å². The van der Waals surface area contributed by atoms with E-state index in [0.717, 1.165) is 32.0 Å². The Labute approximate surface area is 138 Å². The van der Waals surface area contributed by atoms with Crippen LogP contribution in [0.4, 0.5) is 5.82 Å². The highest BCUT2D eigenvalue weighted by Gasteiger charge is 2.25. The van der Waals surface area contributed by atoms with Gasteiger partial charge in [-0.25, -0.2) is 9.97 Å². The van der Waals surface area contributed by atoms with E-state index in [1.807, 2.05) is 25.6 Å². The van der Waals surface area contributed by atoms with Crippen molar-refractivity contribution in [2.24, 2.45) is 7.05 Å². The second kappa shape index (κ2) is 5.55. The second-order valence-corrected chi connectivity index (χ2v) is 6.86. The summed E-state index contributed by atoms with van der Waals surface area (Å²) in [5.74, 6) is 1.83. The summed E-state index contributed by atoms with van der Waals surface area (Å²) in [4.78, 5) is 9.38. The van der Waals surface area contributed by atoms with E-state index >= 15 is 0 Å². The fraction of sp³-hybridized carbons (Fsp3) is 0.533. The van der Waals surface area contributed by atoms with E-state index in [1.165, 1.54) is 25.7 Å². The summed E-state index contributed by atoms with van der Waals surface area (Å²) in [6, 6.07) is 0.